The summed E-state index contributed by atoms with van der Waals surface area (Å²) in [5.74, 6) is 0.896. The highest BCUT2D eigenvalue weighted by molar-refractivity contribution is 5.96. The van der Waals surface area contributed by atoms with Gasteiger partial charge in [-0.3, -0.25) is 14.6 Å². The highest BCUT2D eigenvalue weighted by atomic mass is 19.1. The summed E-state index contributed by atoms with van der Waals surface area (Å²) >= 11 is 0. The van der Waals surface area contributed by atoms with Gasteiger partial charge in [0.2, 0.25) is 5.91 Å². The maximum atomic E-state index is 13.1. The lowest BCUT2D eigenvalue weighted by atomic mass is 9.80. The largest absolute Gasteiger partial charge is 0.486 e. The number of nitrogens with one attached hydrogen (secondary N) is 1. The zero-order chi connectivity index (χ0) is 26.2. The van der Waals surface area contributed by atoms with Crippen LogP contribution in [0.5, 0.6) is 11.5 Å². The van der Waals surface area contributed by atoms with Crippen LogP contribution in [0.2, 0.25) is 0 Å². The monoisotopic (exact) mass is 510 g/mol. The molecule has 2 aromatic carbocycles. The molecule has 37 heavy (non-hydrogen) atoms. The first-order valence-corrected chi connectivity index (χ1v) is 13.1. The fourth-order valence-corrected chi connectivity index (χ4v) is 4.73. The van der Waals surface area contributed by atoms with Gasteiger partial charge in [-0.05, 0) is 73.6 Å². The summed E-state index contributed by atoms with van der Waals surface area (Å²) in [7, 11) is 0. The first-order chi connectivity index (χ1) is 17.9. The minimum absolute atomic E-state index is 0.131. The van der Waals surface area contributed by atoms with Gasteiger partial charge in [0.15, 0.2) is 17.3 Å². The molecule has 1 aliphatic heterocycles. The molecule has 4 rings (SSSR count). The second kappa shape index (κ2) is 12.8. The fourth-order valence-electron chi connectivity index (χ4n) is 4.73. The highest BCUT2D eigenvalue weighted by Crippen LogP contribution is 2.34. The summed E-state index contributed by atoms with van der Waals surface area (Å²) in [5, 5.41) is 14.2. The average molecular weight is 511 g/mol. The van der Waals surface area contributed by atoms with Crippen molar-refractivity contribution in [2.45, 2.75) is 64.0 Å². The number of hydrogen-bond donors (Lipinski definition) is 2. The summed E-state index contributed by atoms with van der Waals surface area (Å²) in [4.78, 5) is 29.9. The van der Waals surface area contributed by atoms with E-state index in [0.717, 1.165) is 31.4 Å². The lowest BCUT2D eigenvalue weighted by molar-refractivity contribution is -0.122. The molecule has 1 aliphatic carbocycles. The molecule has 1 heterocycles. The minimum Gasteiger partial charge on any atom is -0.486 e. The molecule has 0 radical (unpaired) electrons. The van der Waals surface area contributed by atoms with Crippen LogP contribution >= 0.6 is 0 Å². The van der Waals surface area contributed by atoms with Crippen LogP contribution in [0, 0.1) is 11.7 Å². The zero-order valence-corrected chi connectivity index (χ0v) is 21.2. The third-order valence-corrected chi connectivity index (χ3v) is 6.96. The second-order valence-corrected chi connectivity index (χ2v) is 9.66. The number of fused-ring (bicyclic) bond motifs is 1. The normalized spacial score (nSPS) is 19.1. The van der Waals surface area contributed by atoms with Crippen LogP contribution in [0.25, 0.3) is 0 Å². The van der Waals surface area contributed by atoms with Gasteiger partial charge >= 0.3 is 0 Å². The number of halogens is 1. The third-order valence-electron chi connectivity index (χ3n) is 6.96. The number of aliphatic imine (C=N–C) groups is 1. The molecule has 0 spiro atoms. The maximum absolute atomic E-state index is 13.1. The second-order valence-electron chi connectivity index (χ2n) is 9.66. The predicted octanol–water partition coefficient (Wildman–Crippen LogP) is 4.82. The van der Waals surface area contributed by atoms with Crippen molar-refractivity contribution in [3.8, 4) is 11.5 Å². The number of amides is 1. The van der Waals surface area contributed by atoms with Crippen molar-refractivity contribution in [1.82, 2.24) is 5.32 Å². The molecule has 1 amide bonds. The van der Waals surface area contributed by atoms with Crippen LogP contribution in [-0.4, -0.2) is 48.3 Å². The Morgan fingerprint density at radius 3 is 2.57 bits per heavy atom. The van der Waals surface area contributed by atoms with E-state index in [0.29, 0.717) is 48.2 Å². The third kappa shape index (κ3) is 7.16. The van der Waals surface area contributed by atoms with E-state index in [1.165, 1.54) is 24.3 Å². The first kappa shape index (κ1) is 26.8. The lowest BCUT2D eigenvalue weighted by Gasteiger charge is -2.30. The SMILES string of the molecule is CCCC1CC/C1=N/C[C@@H](NC(=O)CCCC(=O)c1ccc(F)cc1)[C@H](O)c1ccc2c(c1)OCCO2. The Kier molecular flexibility index (Phi) is 9.28. The number of carbonyl (C=O) groups excluding carboxylic acids is 2. The van der Waals surface area contributed by atoms with Crippen LogP contribution in [0.1, 0.15) is 73.9 Å². The summed E-state index contributed by atoms with van der Waals surface area (Å²) in [5.41, 5.74) is 2.19. The molecule has 7 nitrogen and oxygen atoms in total. The molecule has 8 heteroatoms. The molecule has 198 valence electrons. The number of hydrogen-bond acceptors (Lipinski definition) is 6. The van der Waals surface area contributed by atoms with Gasteiger partial charge in [0.05, 0.1) is 12.6 Å². The van der Waals surface area contributed by atoms with Gasteiger partial charge in [-0.15, -0.1) is 0 Å². The van der Waals surface area contributed by atoms with Gasteiger partial charge in [-0.25, -0.2) is 4.39 Å². The first-order valence-electron chi connectivity index (χ1n) is 13.1. The Labute approximate surface area is 217 Å². The van der Waals surface area contributed by atoms with E-state index in [1.54, 1.807) is 18.2 Å². The molecule has 3 atom stereocenters. The molecular weight excluding hydrogens is 475 g/mol. The zero-order valence-electron chi connectivity index (χ0n) is 21.2. The van der Waals surface area contributed by atoms with E-state index in [2.05, 4.69) is 12.2 Å². The van der Waals surface area contributed by atoms with Crippen molar-refractivity contribution in [3.05, 3.63) is 59.4 Å². The number of rotatable bonds is 12. The molecule has 2 aromatic rings. The molecule has 2 N–H and O–H groups in total. The highest BCUT2D eigenvalue weighted by Gasteiger charge is 2.28. The van der Waals surface area contributed by atoms with Crippen LogP contribution in [-0.2, 0) is 4.79 Å². The Morgan fingerprint density at radius 1 is 1.11 bits per heavy atom. The van der Waals surface area contributed by atoms with Crippen molar-refractivity contribution in [2.75, 3.05) is 19.8 Å². The van der Waals surface area contributed by atoms with Gasteiger partial charge in [0, 0.05) is 24.1 Å². The van der Waals surface area contributed by atoms with Crippen LogP contribution in [0.15, 0.2) is 47.5 Å². The Balaban J connectivity index is 1.39. The van der Waals surface area contributed by atoms with Gasteiger partial charge in [0.1, 0.15) is 25.1 Å². The molecule has 0 bridgehead atoms. The standard InChI is InChI=1S/C29H35FN2O5/c1-2-4-19-9-13-23(19)31-18-24(29(35)21-10-14-26-27(17-21)37-16-15-36-26)32-28(34)6-3-5-25(33)20-7-11-22(30)12-8-20/h7-8,10-12,14,17,19,24,29,35H,2-6,9,13,15-16,18H2,1H3,(H,32,34)/b31-23-/t19?,24-,29-/m1/s1. The summed E-state index contributed by atoms with van der Waals surface area (Å²) in [6, 6.07) is 10.0. The van der Waals surface area contributed by atoms with Gasteiger partial charge in [-0.2, -0.15) is 0 Å². The lowest BCUT2D eigenvalue weighted by Crippen LogP contribution is -2.42. The van der Waals surface area contributed by atoms with Crippen molar-refractivity contribution in [1.29, 1.82) is 0 Å². The number of Topliss-reactive ketones (excluding diaryl/α,β-unsaturated/α-hetero) is 1. The van der Waals surface area contributed by atoms with Gasteiger partial charge < -0.3 is 19.9 Å². The van der Waals surface area contributed by atoms with Crippen molar-refractivity contribution < 1.29 is 28.6 Å². The Bertz CT molecular complexity index is 1120. The van der Waals surface area contributed by atoms with Crippen molar-refractivity contribution in [2.24, 2.45) is 10.9 Å². The quantitative estimate of drug-likeness (QED) is 0.399. The smallest absolute Gasteiger partial charge is 0.220 e. The Hall–Kier alpha value is -3.26. The molecule has 1 saturated carbocycles. The number of aliphatic hydroxyl groups excluding tert-OH is 1. The summed E-state index contributed by atoms with van der Waals surface area (Å²) in [6.45, 7) is 3.35. The van der Waals surface area contributed by atoms with E-state index in [1.807, 2.05) is 0 Å². The predicted molar refractivity (Wildman–Crippen MR) is 139 cm³/mol. The fraction of sp³-hybridized carbons (Fsp3) is 0.483. The average Bonchev–Trinajstić information content (AvgIpc) is 2.90. The summed E-state index contributed by atoms with van der Waals surface area (Å²) < 4.78 is 24.3. The topological polar surface area (TPSA) is 97.2 Å². The number of nitrogens with zero attached hydrogens (tertiary/aromatic N) is 1. The molecule has 0 aromatic heterocycles. The number of aliphatic hydroxyl groups is 1. The Morgan fingerprint density at radius 2 is 1.86 bits per heavy atom. The van der Waals surface area contributed by atoms with Crippen LogP contribution in [0.3, 0.4) is 0 Å². The van der Waals surface area contributed by atoms with Crippen LogP contribution < -0.4 is 14.8 Å². The van der Waals surface area contributed by atoms with Crippen molar-refractivity contribution in [3.63, 3.8) is 0 Å². The molecule has 1 unspecified atom stereocenters. The van der Waals surface area contributed by atoms with Crippen molar-refractivity contribution >= 4 is 17.4 Å². The number of ether oxygens (including phenoxy) is 2. The molecular formula is C29H35FN2O5. The van der Waals surface area contributed by atoms with E-state index < -0.39 is 18.0 Å². The van der Waals surface area contributed by atoms with E-state index >= 15 is 0 Å². The number of carbonyl (C=O) groups is 2. The van der Waals surface area contributed by atoms with E-state index in [4.69, 9.17) is 14.5 Å². The maximum Gasteiger partial charge on any atom is 0.220 e. The molecule has 1 fully saturated rings. The van der Waals surface area contributed by atoms with E-state index in [-0.39, 0.29) is 31.1 Å². The van der Waals surface area contributed by atoms with Gasteiger partial charge in [0.25, 0.3) is 0 Å². The van der Waals surface area contributed by atoms with Crippen LogP contribution in [0.4, 0.5) is 4.39 Å². The molecule has 0 saturated heterocycles. The minimum atomic E-state index is -0.991. The number of ketones is 1. The summed E-state index contributed by atoms with van der Waals surface area (Å²) in [6.07, 6.45) is 3.95. The number of benzene rings is 2. The van der Waals surface area contributed by atoms with E-state index in [9.17, 15) is 19.1 Å². The van der Waals surface area contributed by atoms with Gasteiger partial charge in [-0.1, -0.05) is 19.4 Å². The molecule has 2 aliphatic rings.